The number of aromatic nitrogens is 1. The van der Waals surface area contributed by atoms with Gasteiger partial charge in [-0.3, -0.25) is 14.7 Å². The number of pyridine rings is 1. The molecule has 2 N–H and O–H groups in total. The molecule has 2 aliphatic heterocycles. The maximum atomic E-state index is 11.5. The second-order valence-corrected chi connectivity index (χ2v) is 8.59. The highest BCUT2D eigenvalue weighted by Gasteiger charge is 2.43. The molecule has 1 aromatic heterocycles. The molecule has 0 unspecified atom stereocenters. The van der Waals surface area contributed by atoms with Crippen LogP contribution in [0.25, 0.3) is 0 Å². The van der Waals surface area contributed by atoms with E-state index in [1.807, 2.05) is 18.5 Å². The van der Waals surface area contributed by atoms with Gasteiger partial charge >= 0.3 is 24.3 Å². The lowest BCUT2D eigenvalue weighted by atomic mass is 9.91. The van der Waals surface area contributed by atoms with Gasteiger partial charge in [-0.2, -0.15) is 26.3 Å². The van der Waals surface area contributed by atoms with Gasteiger partial charge in [-0.05, 0) is 24.0 Å². The number of carbonyl (C=O) groups excluding carboxylic acids is 1. The Hall–Kier alpha value is -2.98. The Balaban J connectivity index is 0.000000426. The highest BCUT2D eigenvalue weighted by Crippen LogP contribution is 2.36. The minimum Gasteiger partial charge on any atom is -0.475 e. The Morgan fingerprint density at radius 1 is 1.11 bits per heavy atom. The third kappa shape index (κ3) is 12.0. The van der Waals surface area contributed by atoms with Crippen molar-refractivity contribution in [2.75, 3.05) is 47.0 Å². The smallest absolute Gasteiger partial charge is 0.475 e. The highest BCUT2D eigenvalue weighted by molar-refractivity contribution is 5.76. The molecular weight excluding hydrogens is 532 g/mol. The topological polar surface area (TPSA) is 130 Å². The zero-order valence-electron chi connectivity index (χ0n) is 20.5. The molecule has 0 aromatic carbocycles. The summed E-state index contributed by atoms with van der Waals surface area (Å²) in [6.45, 7) is 4.62. The number of carboxylic acid groups (broad SMARTS) is 2. The molecule has 3 atom stereocenters. The van der Waals surface area contributed by atoms with Gasteiger partial charge in [0.1, 0.15) is 6.61 Å². The van der Waals surface area contributed by atoms with Crippen molar-refractivity contribution in [1.29, 1.82) is 0 Å². The molecule has 38 heavy (non-hydrogen) atoms. The van der Waals surface area contributed by atoms with E-state index in [-0.39, 0.29) is 12.5 Å². The number of likely N-dealkylation sites (N-methyl/N-ethyl adjacent to an activating group) is 1. The van der Waals surface area contributed by atoms with Gasteiger partial charge < -0.3 is 24.6 Å². The van der Waals surface area contributed by atoms with Crippen LogP contribution < -0.4 is 0 Å². The van der Waals surface area contributed by atoms with E-state index >= 15 is 0 Å². The lowest BCUT2D eigenvalue weighted by Crippen LogP contribution is -2.27. The number of nitrogens with zero attached hydrogens (tertiary/aromatic N) is 3. The molecule has 0 bridgehead atoms. The first-order valence-electron chi connectivity index (χ1n) is 11.1. The van der Waals surface area contributed by atoms with Crippen molar-refractivity contribution in [3.05, 3.63) is 30.1 Å². The molecule has 0 aliphatic carbocycles. The molecule has 10 nitrogen and oxygen atoms in total. The van der Waals surface area contributed by atoms with Crippen LogP contribution in [0.3, 0.4) is 0 Å². The van der Waals surface area contributed by atoms with E-state index in [9.17, 15) is 31.1 Å². The average Bonchev–Trinajstić information content (AvgIpc) is 3.37. The zero-order valence-corrected chi connectivity index (χ0v) is 20.5. The minimum atomic E-state index is -5.08. The number of hydrogen-bond donors (Lipinski definition) is 2. The van der Waals surface area contributed by atoms with E-state index in [0.29, 0.717) is 24.5 Å². The number of aliphatic carboxylic acids is 2. The van der Waals surface area contributed by atoms with Crippen molar-refractivity contribution in [2.45, 2.75) is 31.4 Å². The number of fused-ring (bicyclic) bond motifs is 1. The van der Waals surface area contributed by atoms with E-state index in [4.69, 9.17) is 29.3 Å². The Morgan fingerprint density at radius 2 is 1.68 bits per heavy atom. The molecule has 2 saturated heterocycles. The number of ether oxygens (including phenoxy) is 2. The van der Waals surface area contributed by atoms with E-state index < -0.39 is 24.3 Å². The molecule has 2 fully saturated rings. The summed E-state index contributed by atoms with van der Waals surface area (Å²) in [5, 5.41) is 14.2. The normalized spacial score (nSPS) is 20.9. The molecule has 0 saturated carbocycles. The Morgan fingerprint density at radius 3 is 2.16 bits per heavy atom. The van der Waals surface area contributed by atoms with Gasteiger partial charge in [0.05, 0.1) is 12.7 Å². The second kappa shape index (κ2) is 14.8. The predicted octanol–water partition coefficient (Wildman–Crippen LogP) is 2.29. The third-order valence-electron chi connectivity index (χ3n) is 5.49. The number of likely N-dealkylation sites (tertiary alicyclic amines) is 1. The molecular formula is C22H29F6N3O7. The molecule has 0 radical (unpaired) electrons. The first-order chi connectivity index (χ1) is 17.5. The summed E-state index contributed by atoms with van der Waals surface area (Å²) in [4.78, 5) is 37.5. The van der Waals surface area contributed by atoms with E-state index in [1.54, 1.807) is 19.0 Å². The summed E-state index contributed by atoms with van der Waals surface area (Å²) in [5.41, 5.74) is 1.25. The van der Waals surface area contributed by atoms with Crippen molar-refractivity contribution in [2.24, 2.45) is 11.8 Å². The van der Waals surface area contributed by atoms with Crippen molar-refractivity contribution in [1.82, 2.24) is 14.8 Å². The van der Waals surface area contributed by atoms with Gasteiger partial charge in [-0.25, -0.2) is 9.59 Å². The average molecular weight is 561 g/mol. The predicted molar refractivity (Wildman–Crippen MR) is 118 cm³/mol. The van der Waals surface area contributed by atoms with E-state index in [2.05, 4.69) is 16.0 Å². The standard InChI is InChI=1S/C18H27N3O3.2C2HF3O2/c1-20(2)18(22)13-23-7-5-15-12-24-17-11-21(10-16(15)17)9-14-4-3-6-19-8-14;2*3-2(4,5)1(6)7/h3-4,6,8,15-17H,5,7,9-13H2,1-2H3;2*(H,6,7)/t15-,16-,17-;;/m0../s1. The van der Waals surface area contributed by atoms with E-state index in [1.165, 1.54) is 5.56 Å². The Labute approximate surface area is 214 Å². The lowest BCUT2D eigenvalue weighted by Gasteiger charge is -2.19. The van der Waals surface area contributed by atoms with Crippen molar-refractivity contribution in [3.8, 4) is 0 Å². The van der Waals surface area contributed by atoms with Crippen LogP contribution in [0.15, 0.2) is 24.5 Å². The van der Waals surface area contributed by atoms with Crippen LogP contribution in [0.5, 0.6) is 0 Å². The fourth-order valence-corrected chi connectivity index (χ4v) is 3.58. The van der Waals surface area contributed by atoms with Crippen LogP contribution >= 0.6 is 0 Å². The van der Waals surface area contributed by atoms with Gasteiger partial charge in [-0.15, -0.1) is 0 Å². The number of amides is 1. The van der Waals surface area contributed by atoms with Crippen LogP contribution in [-0.2, 0) is 30.4 Å². The number of carboxylic acids is 2. The Bertz CT molecular complexity index is 876. The fraction of sp³-hybridized carbons (Fsp3) is 0.636. The van der Waals surface area contributed by atoms with Crippen LogP contribution in [0.1, 0.15) is 12.0 Å². The van der Waals surface area contributed by atoms with Crippen LogP contribution in [0.2, 0.25) is 0 Å². The zero-order chi connectivity index (χ0) is 29.1. The van der Waals surface area contributed by atoms with Crippen LogP contribution in [0.4, 0.5) is 26.3 Å². The quantitative estimate of drug-likeness (QED) is 0.381. The minimum absolute atomic E-state index is 0.0130. The fourth-order valence-electron chi connectivity index (χ4n) is 3.58. The van der Waals surface area contributed by atoms with Crippen molar-refractivity contribution in [3.63, 3.8) is 0 Å². The first-order valence-corrected chi connectivity index (χ1v) is 11.1. The molecule has 1 amide bonds. The number of halogens is 6. The second-order valence-electron chi connectivity index (χ2n) is 8.59. The van der Waals surface area contributed by atoms with Crippen LogP contribution in [0, 0.1) is 11.8 Å². The SMILES string of the molecule is CN(C)C(=O)COCC[C@H]1CO[C@H]2CN(Cc3cccnc3)C[C@@H]12.O=C(O)C(F)(F)F.O=C(O)C(F)(F)F. The lowest BCUT2D eigenvalue weighted by molar-refractivity contribution is -0.193. The highest BCUT2D eigenvalue weighted by atomic mass is 19.4. The molecule has 3 rings (SSSR count). The number of rotatable bonds is 7. The molecule has 16 heteroatoms. The molecule has 216 valence electrons. The van der Waals surface area contributed by atoms with Gasteiger partial charge in [0.25, 0.3) is 0 Å². The number of carbonyl (C=O) groups is 3. The first kappa shape index (κ1) is 33.0. The Kier molecular flexibility index (Phi) is 12.9. The van der Waals surface area contributed by atoms with Gasteiger partial charge in [0.2, 0.25) is 5.91 Å². The summed E-state index contributed by atoms with van der Waals surface area (Å²) in [6.07, 6.45) is -5.12. The summed E-state index contributed by atoms with van der Waals surface area (Å²) >= 11 is 0. The van der Waals surface area contributed by atoms with Gasteiger partial charge in [0, 0.05) is 58.6 Å². The van der Waals surface area contributed by atoms with Crippen molar-refractivity contribution >= 4 is 17.8 Å². The third-order valence-corrected chi connectivity index (χ3v) is 5.49. The molecule has 3 heterocycles. The van der Waals surface area contributed by atoms with Crippen LogP contribution in [-0.4, -0.2) is 108 Å². The molecule has 2 aliphatic rings. The molecule has 0 spiro atoms. The maximum absolute atomic E-state index is 11.5. The number of hydrogen-bond acceptors (Lipinski definition) is 7. The van der Waals surface area contributed by atoms with Gasteiger partial charge in [-0.1, -0.05) is 6.07 Å². The summed E-state index contributed by atoms with van der Waals surface area (Å²) in [7, 11) is 3.49. The molecule has 1 aromatic rings. The van der Waals surface area contributed by atoms with Crippen molar-refractivity contribution < 1.29 is 60.4 Å². The summed E-state index contributed by atoms with van der Waals surface area (Å²) in [5.74, 6) is -4.39. The van der Waals surface area contributed by atoms with Gasteiger partial charge in [0.15, 0.2) is 0 Å². The monoisotopic (exact) mass is 561 g/mol. The van der Waals surface area contributed by atoms with E-state index in [0.717, 1.165) is 32.7 Å². The largest absolute Gasteiger partial charge is 0.490 e. The summed E-state index contributed by atoms with van der Waals surface area (Å²) < 4.78 is 75.0. The maximum Gasteiger partial charge on any atom is 0.490 e. The summed E-state index contributed by atoms with van der Waals surface area (Å²) in [6, 6.07) is 4.10. The number of alkyl halides is 6.